The molecular formula is C24H29N3O2S2. The van der Waals surface area contributed by atoms with Crippen molar-refractivity contribution in [1.29, 1.82) is 0 Å². The van der Waals surface area contributed by atoms with Crippen molar-refractivity contribution in [3.8, 4) is 9.75 Å². The van der Waals surface area contributed by atoms with Crippen molar-refractivity contribution >= 4 is 28.8 Å². The Morgan fingerprint density at radius 2 is 1.97 bits per heavy atom. The number of likely N-dealkylation sites (tertiary alicyclic amines) is 1. The Kier molecular flexibility index (Phi) is 8.24. The number of aromatic nitrogens is 1. The monoisotopic (exact) mass is 455 g/mol. The molecule has 0 bridgehead atoms. The molecule has 0 unspecified atom stereocenters. The molecule has 0 saturated carbocycles. The SMILES string of the molecule is O=C(COCc1cc(-c2cccs2)sn1)NCCN1CCC(Cc2ccccc2)CC1. The van der Waals surface area contributed by atoms with Gasteiger partial charge in [0.15, 0.2) is 0 Å². The summed E-state index contributed by atoms with van der Waals surface area (Å²) >= 11 is 3.17. The number of carbonyl (C=O) groups excluding carboxylic acids is 1. The molecule has 0 atom stereocenters. The number of carbonyl (C=O) groups is 1. The quantitative estimate of drug-likeness (QED) is 0.490. The number of nitrogens with one attached hydrogen (secondary N) is 1. The normalized spacial score (nSPS) is 15.2. The van der Waals surface area contributed by atoms with Gasteiger partial charge in [0.25, 0.3) is 0 Å². The van der Waals surface area contributed by atoms with Crippen molar-refractivity contribution in [2.75, 3.05) is 32.8 Å². The highest BCUT2D eigenvalue weighted by Crippen LogP contribution is 2.29. The van der Waals surface area contributed by atoms with Crippen LogP contribution >= 0.6 is 22.9 Å². The lowest BCUT2D eigenvalue weighted by molar-refractivity contribution is -0.126. The third kappa shape index (κ3) is 6.97. The van der Waals surface area contributed by atoms with Crippen LogP contribution < -0.4 is 5.32 Å². The zero-order valence-electron chi connectivity index (χ0n) is 17.7. The molecular weight excluding hydrogens is 426 g/mol. The lowest BCUT2D eigenvalue weighted by Gasteiger charge is -2.32. The molecule has 1 fully saturated rings. The summed E-state index contributed by atoms with van der Waals surface area (Å²) in [6, 6.07) is 16.9. The van der Waals surface area contributed by atoms with Gasteiger partial charge < -0.3 is 15.0 Å². The molecule has 1 aliphatic rings. The Morgan fingerprint density at radius 3 is 2.74 bits per heavy atom. The number of hydrogen-bond acceptors (Lipinski definition) is 6. The van der Waals surface area contributed by atoms with Crippen LogP contribution in [0, 0.1) is 5.92 Å². The van der Waals surface area contributed by atoms with Crippen molar-refractivity contribution < 1.29 is 9.53 Å². The standard InChI is InChI=1S/C24H29N3O2S2/c28-24(18-29-17-21-16-23(31-26-21)22-7-4-14-30-22)25-10-13-27-11-8-20(9-12-27)15-19-5-2-1-3-6-19/h1-7,14,16,20H,8-13,15,17-18H2,(H,25,28). The van der Waals surface area contributed by atoms with Gasteiger partial charge in [0.1, 0.15) is 6.61 Å². The number of piperidine rings is 1. The molecule has 1 N–H and O–H groups in total. The molecule has 3 heterocycles. The first-order chi connectivity index (χ1) is 15.3. The summed E-state index contributed by atoms with van der Waals surface area (Å²) in [5, 5.41) is 5.03. The van der Waals surface area contributed by atoms with E-state index < -0.39 is 0 Å². The first kappa shape index (κ1) is 22.1. The second-order valence-corrected chi connectivity index (χ2v) is 9.73. The summed E-state index contributed by atoms with van der Waals surface area (Å²) in [6.45, 7) is 4.24. The minimum atomic E-state index is -0.0623. The van der Waals surface area contributed by atoms with Crippen molar-refractivity contribution in [3.63, 3.8) is 0 Å². The Balaban J connectivity index is 1.06. The van der Waals surface area contributed by atoms with Crippen molar-refractivity contribution in [2.45, 2.75) is 25.9 Å². The van der Waals surface area contributed by atoms with Crippen LogP contribution in [0.1, 0.15) is 24.1 Å². The van der Waals surface area contributed by atoms with Crippen LogP contribution in [-0.2, 0) is 22.6 Å². The summed E-state index contributed by atoms with van der Waals surface area (Å²) in [5.41, 5.74) is 2.31. The molecule has 7 heteroatoms. The number of hydrogen-bond donors (Lipinski definition) is 1. The Bertz CT molecular complexity index is 919. The average Bonchev–Trinajstić information content (AvgIpc) is 3.48. The van der Waals surface area contributed by atoms with Gasteiger partial charge in [-0.1, -0.05) is 36.4 Å². The topological polar surface area (TPSA) is 54.5 Å². The fourth-order valence-corrected chi connectivity index (χ4v) is 5.49. The zero-order valence-corrected chi connectivity index (χ0v) is 19.3. The van der Waals surface area contributed by atoms with Crippen molar-refractivity contribution in [1.82, 2.24) is 14.6 Å². The Labute approximate surface area is 192 Å². The van der Waals surface area contributed by atoms with Crippen molar-refractivity contribution in [3.05, 3.63) is 65.2 Å². The van der Waals surface area contributed by atoms with Crippen LogP contribution in [0.5, 0.6) is 0 Å². The molecule has 5 nitrogen and oxygen atoms in total. The Morgan fingerprint density at radius 1 is 1.13 bits per heavy atom. The van der Waals surface area contributed by atoms with Crippen LogP contribution in [0.25, 0.3) is 9.75 Å². The van der Waals surface area contributed by atoms with E-state index in [-0.39, 0.29) is 12.5 Å². The smallest absolute Gasteiger partial charge is 0.246 e. The van der Waals surface area contributed by atoms with E-state index in [0.29, 0.717) is 13.2 Å². The molecule has 31 heavy (non-hydrogen) atoms. The van der Waals surface area contributed by atoms with Crippen LogP contribution in [0.15, 0.2) is 53.9 Å². The van der Waals surface area contributed by atoms with E-state index in [1.165, 1.54) is 41.2 Å². The molecule has 4 rings (SSSR count). The predicted molar refractivity (Wildman–Crippen MR) is 127 cm³/mol. The minimum Gasteiger partial charge on any atom is -0.365 e. The maximum Gasteiger partial charge on any atom is 0.246 e. The summed E-state index contributed by atoms with van der Waals surface area (Å²) in [6.07, 6.45) is 3.64. The number of benzene rings is 1. The maximum absolute atomic E-state index is 12.1. The van der Waals surface area contributed by atoms with Gasteiger partial charge in [0.05, 0.1) is 17.2 Å². The lowest BCUT2D eigenvalue weighted by Crippen LogP contribution is -2.40. The third-order valence-corrected chi connectivity index (χ3v) is 7.52. The highest BCUT2D eigenvalue weighted by Gasteiger charge is 2.19. The molecule has 1 saturated heterocycles. The second-order valence-electron chi connectivity index (χ2n) is 7.98. The van der Waals surface area contributed by atoms with E-state index in [4.69, 9.17) is 4.74 Å². The molecule has 1 amide bonds. The molecule has 3 aromatic rings. The summed E-state index contributed by atoms with van der Waals surface area (Å²) in [5.74, 6) is 0.709. The van der Waals surface area contributed by atoms with Crippen LogP contribution in [0.3, 0.4) is 0 Å². The molecule has 0 radical (unpaired) electrons. The average molecular weight is 456 g/mol. The molecule has 164 valence electrons. The molecule has 1 aliphatic heterocycles. The number of rotatable bonds is 10. The third-order valence-electron chi connectivity index (χ3n) is 5.63. The van der Waals surface area contributed by atoms with Gasteiger partial charge in [0, 0.05) is 18.0 Å². The van der Waals surface area contributed by atoms with E-state index in [2.05, 4.69) is 56.4 Å². The zero-order chi connectivity index (χ0) is 21.3. The number of thiophene rings is 1. The number of amides is 1. The lowest BCUT2D eigenvalue weighted by atomic mass is 9.90. The number of ether oxygens (including phenoxy) is 1. The van der Waals surface area contributed by atoms with Crippen LogP contribution in [-0.4, -0.2) is 48.0 Å². The molecule has 1 aromatic carbocycles. The highest BCUT2D eigenvalue weighted by atomic mass is 32.1. The predicted octanol–water partition coefficient (Wildman–Crippen LogP) is 4.46. The fourth-order valence-electron chi connectivity index (χ4n) is 3.93. The van der Waals surface area contributed by atoms with Gasteiger partial charge in [-0.15, -0.1) is 11.3 Å². The van der Waals surface area contributed by atoms with E-state index in [9.17, 15) is 4.79 Å². The second kappa shape index (κ2) is 11.5. The maximum atomic E-state index is 12.1. The Hall–Kier alpha value is -2.06. The van der Waals surface area contributed by atoms with Gasteiger partial charge in [-0.3, -0.25) is 4.79 Å². The number of nitrogens with zero attached hydrogens (tertiary/aromatic N) is 2. The first-order valence-corrected chi connectivity index (χ1v) is 12.5. The first-order valence-electron chi connectivity index (χ1n) is 10.9. The van der Waals surface area contributed by atoms with Crippen LogP contribution in [0.4, 0.5) is 0 Å². The van der Waals surface area contributed by atoms with E-state index in [1.54, 1.807) is 11.3 Å². The summed E-state index contributed by atoms with van der Waals surface area (Å²) in [4.78, 5) is 16.9. The highest BCUT2D eigenvalue weighted by molar-refractivity contribution is 7.18. The van der Waals surface area contributed by atoms with Crippen LogP contribution in [0.2, 0.25) is 0 Å². The minimum absolute atomic E-state index is 0.0623. The summed E-state index contributed by atoms with van der Waals surface area (Å²) < 4.78 is 9.96. The van der Waals surface area contributed by atoms with E-state index in [1.807, 2.05) is 12.1 Å². The van der Waals surface area contributed by atoms with E-state index >= 15 is 0 Å². The van der Waals surface area contributed by atoms with E-state index in [0.717, 1.165) is 36.1 Å². The molecule has 2 aromatic heterocycles. The molecule has 0 spiro atoms. The van der Waals surface area contributed by atoms with Gasteiger partial charge >= 0.3 is 0 Å². The van der Waals surface area contributed by atoms with Gasteiger partial charge in [-0.05, 0) is 72.9 Å². The molecule has 0 aliphatic carbocycles. The summed E-state index contributed by atoms with van der Waals surface area (Å²) in [7, 11) is 0. The van der Waals surface area contributed by atoms with Gasteiger partial charge in [-0.25, -0.2) is 0 Å². The fraction of sp³-hybridized carbons (Fsp3) is 0.417. The van der Waals surface area contributed by atoms with Gasteiger partial charge in [0.2, 0.25) is 5.91 Å². The largest absolute Gasteiger partial charge is 0.365 e. The van der Waals surface area contributed by atoms with Gasteiger partial charge in [-0.2, -0.15) is 4.37 Å². The van der Waals surface area contributed by atoms with Crippen molar-refractivity contribution in [2.24, 2.45) is 5.92 Å².